The Morgan fingerprint density at radius 2 is 1.83 bits per heavy atom. The van der Waals surface area contributed by atoms with Crippen molar-refractivity contribution in [3.63, 3.8) is 0 Å². The Bertz CT molecular complexity index is 862. The largest absolute Gasteiger partial charge is 0.497 e. The zero-order valence-electron chi connectivity index (χ0n) is 17.8. The number of nitrogens with zero attached hydrogens (tertiary/aromatic N) is 2. The monoisotopic (exact) mass is 409 g/mol. The van der Waals surface area contributed by atoms with Crippen LogP contribution in [0.1, 0.15) is 30.9 Å². The molecule has 0 saturated carbocycles. The number of methoxy groups -OCH3 is 1. The molecule has 1 fully saturated rings. The van der Waals surface area contributed by atoms with E-state index >= 15 is 0 Å². The van der Waals surface area contributed by atoms with E-state index in [0.717, 1.165) is 61.0 Å². The van der Waals surface area contributed by atoms with Crippen LogP contribution in [0, 0.1) is 0 Å². The summed E-state index contributed by atoms with van der Waals surface area (Å²) in [5, 5.41) is 9.61. The van der Waals surface area contributed by atoms with Crippen LogP contribution in [0.3, 0.4) is 0 Å². The van der Waals surface area contributed by atoms with Crippen molar-refractivity contribution in [3.05, 3.63) is 59.7 Å². The Labute approximate surface area is 178 Å². The maximum atomic E-state index is 12.3. The van der Waals surface area contributed by atoms with Crippen molar-refractivity contribution >= 4 is 17.7 Å². The van der Waals surface area contributed by atoms with Crippen molar-refractivity contribution < 1.29 is 9.53 Å². The van der Waals surface area contributed by atoms with Crippen LogP contribution < -0.4 is 20.7 Å². The number of urea groups is 1. The van der Waals surface area contributed by atoms with Gasteiger partial charge in [0.1, 0.15) is 5.75 Å². The second-order valence-electron chi connectivity index (χ2n) is 7.22. The number of likely N-dealkylation sites (tertiary alicyclic amines) is 1. The van der Waals surface area contributed by atoms with Crippen molar-refractivity contribution in [1.29, 1.82) is 0 Å². The van der Waals surface area contributed by atoms with Crippen LogP contribution in [0.25, 0.3) is 0 Å². The van der Waals surface area contributed by atoms with Crippen LogP contribution in [0.2, 0.25) is 0 Å². The van der Waals surface area contributed by atoms with Crippen LogP contribution in [0.4, 0.5) is 10.5 Å². The average molecular weight is 410 g/mol. The molecular formula is C23H31N5O2. The number of carbonyl (C=O) groups excluding carboxylic acids is 1. The molecule has 0 aromatic heterocycles. The summed E-state index contributed by atoms with van der Waals surface area (Å²) in [6.45, 7) is 5.64. The lowest BCUT2D eigenvalue weighted by Gasteiger charge is -2.16. The van der Waals surface area contributed by atoms with Crippen molar-refractivity contribution in [2.75, 3.05) is 32.1 Å². The summed E-state index contributed by atoms with van der Waals surface area (Å²) >= 11 is 0. The highest BCUT2D eigenvalue weighted by Gasteiger charge is 2.17. The molecule has 0 atom stereocenters. The van der Waals surface area contributed by atoms with Gasteiger partial charge >= 0.3 is 6.03 Å². The van der Waals surface area contributed by atoms with E-state index in [0.29, 0.717) is 13.1 Å². The number of benzene rings is 2. The number of ether oxygens (including phenoxy) is 1. The number of anilines is 1. The van der Waals surface area contributed by atoms with Gasteiger partial charge in [-0.15, -0.1) is 0 Å². The molecule has 30 heavy (non-hydrogen) atoms. The average Bonchev–Trinajstić information content (AvgIpc) is 3.31. The molecule has 160 valence electrons. The lowest BCUT2D eigenvalue weighted by molar-refractivity contribution is 0.222. The van der Waals surface area contributed by atoms with E-state index in [4.69, 9.17) is 4.74 Å². The molecule has 2 aromatic carbocycles. The summed E-state index contributed by atoms with van der Waals surface area (Å²) in [5.41, 5.74) is 2.95. The van der Waals surface area contributed by atoms with Gasteiger partial charge in [-0.2, -0.15) is 0 Å². The molecule has 0 aliphatic carbocycles. The molecule has 0 bridgehead atoms. The van der Waals surface area contributed by atoms with Crippen LogP contribution >= 0.6 is 0 Å². The van der Waals surface area contributed by atoms with Crippen LogP contribution in [-0.4, -0.2) is 43.6 Å². The van der Waals surface area contributed by atoms with Gasteiger partial charge in [0.05, 0.1) is 13.7 Å². The molecule has 2 amide bonds. The zero-order chi connectivity index (χ0) is 21.2. The molecule has 0 spiro atoms. The summed E-state index contributed by atoms with van der Waals surface area (Å²) in [6, 6.07) is 15.8. The fraction of sp³-hybridized carbons (Fsp3) is 0.391. The number of hydrogen-bond acceptors (Lipinski definition) is 3. The van der Waals surface area contributed by atoms with Gasteiger partial charge < -0.3 is 25.6 Å². The van der Waals surface area contributed by atoms with E-state index in [2.05, 4.69) is 20.9 Å². The topological polar surface area (TPSA) is 78.0 Å². The van der Waals surface area contributed by atoms with Gasteiger partial charge in [0.15, 0.2) is 5.96 Å². The van der Waals surface area contributed by atoms with Gasteiger partial charge in [0.2, 0.25) is 0 Å². The molecule has 7 nitrogen and oxygen atoms in total. The molecular weight excluding hydrogens is 378 g/mol. The summed E-state index contributed by atoms with van der Waals surface area (Å²) in [7, 11) is 1.67. The Morgan fingerprint density at radius 1 is 1.07 bits per heavy atom. The van der Waals surface area contributed by atoms with Gasteiger partial charge in [-0.3, -0.25) is 0 Å². The molecule has 1 saturated heterocycles. The van der Waals surface area contributed by atoms with E-state index in [1.165, 1.54) is 0 Å². The summed E-state index contributed by atoms with van der Waals surface area (Å²) in [6.07, 6.45) is 2.16. The normalized spacial score (nSPS) is 13.8. The van der Waals surface area contributed by atoms with Crippen molar-refractivity contribution in [1.82, 2.24) is 15.5 Å². The lowest BCUT2D eigenvalue weighted by Crippen LogP contribution is -2.36. The third-order valence-electron chi connectivity index (χ3n) is 4.93. The minimum atomic E-state index is -0.0264. The highest BCUT2D eigenvalue weighted by Crippen LogP contribution is 2.15. The third kappa shape index (κ3) is 6.40. The number of hydrogen-bond donors (Lipinski definition) is 3. The van der Waals surface area contributed by atoms with Crippen LogP contribution in [-0.2, 0) is 13.1 Å². The third-order valence-corrected chi connectivity index (χ3v) is 4.93. The van der Waals surface area contributed by atoms with E-state index < -0.39 is 0 Å². The van der Waals surface area contributed by atoms with Gasteiger partial charge in [0, 0.05) is 31.9 Å². The maximum Gasteiger partial charge on any atom is 0.321 e. The Kier molecular flexibility index (Phi) is 7.94. The van der Waals surface area contributed by atoms with Crippen molar-refractivity contribution in [3.8, 4) is 5.75 Å². The number of rotatable bonds is 7. The molecule has 7 heteroatoms. The highest BCUT2D eigenvalue weighted by molar-refractivity contribution is 5.89. The van der Waals surface area contributed by atoms with Gasteiger partial charge in [-0.1, -0.05) is 24.3 Å². The SMILES string of the molecule is CCNC(=NCc1cccc(NC(=O)N2CCCC2)c1)NCc1cccc(OC)c1. The standard InChI is InChI=1S/C23H31N5O2/c1-3-24-22(26-17-19-9-7-11-21(15-19)30-2)25-16-18-8-6-10-20(14-18)27-23(29)28-12-4-5-13-28/h6-11,14-15H,3-5,12-13,16-17H2,1-2H3,(H,27,29)(H2,24,25,26). The van der Waals surface area contributed by atoms with E-state index in [1.54, 1.807) is 7.11 Å². The molecule has 1 heterocycles. The molecule has 3 N–H and O–H groups in total. The predicted molar refractivity (Wildman–Crippen MR) is 121 cm³/mol. The highest BCUT2D eigenvalue weighted by atomic mass is 16.5. The number of guanidine groups is 1. The molecule has 2 aromatic rings. The Morgan fingerprint density at radius 3 is 2.60 bits per heavy atom. The van der Waals surface area contributed by atoms with Crippen LogP contribution in [0.15, 0.2) is 53.5 Å². The first-order valence-corrected chi connectivity index (χ1v) is 10.5. The summed E-state index contributed by atoms with van der Waals surface area (Å²) in [5.74, 6) is 1.58. The number of amides is 2. The van der Waals surface area contributed by atoms with Gasteiger partial charge in [-0.05, 0) is 55.2 Å². The maximum absolute atomic E-state index is 12.3. The lowest BCUT2D eigenvalue weighted by atomic mass is 10.2. The molecule has 0 unspecified atom stereocenters. The fourth-order valence-electron chi connectivity index (χ4n) is 3.35. The Balaban J connectivity index is 1.58. The Hall–Kier alpha value is -3.22. The smallest absolute Gasteiger partial charge is 0.321 e. The predicted octanol–water partition coefficient (Wildman–Crippen LogP) is 3.58. The van der Waals surface area contributed by atoms with E-state index in [1.807, 2.05) is 60.4 Å². The number of nitrogens with one attached hydrogen (secondary N) is 3. The first-order chi connectivity index (χ1) is 14.7. The van der Waals surface area contributed by atoms with E-state index in [-0.39, 0.29) is 6.03 Å². The zero-order valence-corrected chi connectivity index (χ0v) is 17.8. The van der Waals surface area contributed by atoms with E-state index in [9.17, 15) is 4.79 Å². The second-order valence-corrected chi connectivity index (χ2v) is 7.22. The fourth-order valence-corrected chi connectivity index (χ4v) is 3.35. The van der Waals surface area contributed by atoms with Gasteiger partial charge in [-0.25, -0.2) is 9.79 Å². The summed E-state index contributed by atoms with van der Waals surface area (Å²) in [4.78, 5) is 18.8. The van der Waals surface area contributed by atoms with Crippen molar-refractivity contribution in [2.45, 2.75) is 32.9 Å². The molecule has 1 aliphatic heterocycles. The summed E-state index contributed by atoms with van der Waals surface area (Å²) < 4.78 is 5.28. The minimum Gasteiger partial charge on any atom is -0.497 e. The first-order valence-electron chi connectivity index (χ1n) is 10.5. The number of aliphatic imine (C=N–C) groups is 1. The van der Waals surface area contributed by atoms with Crippen LogP contribution in [0.5, 0.6) is 5.75 Å². The number of carbonyl (C=O) groups is 1. The van der Waals surface area contributed by atoms with Crippen molar-refractivity contribution in [2.24, 2.45) is 4.99 Å². The molecule has 1 aliphatic rings. The first kappa shape index (κ1) is 21.5. The van der Waals surface area contributed by atoms with Gasteiger partial charge in [0.25, 0.3) is 0 Å². The second kappa shape index (κ2) is 11.1. The molecule has 0 radical (unpaired) electrons. The molecule has 3 rings (SSSR count). The quantitative estimate of drug-likeness (QED) is 0.483. The minimum absolute atomic E-state index is 0.0264.